The van der Waals surface area contributed by atoms with E-state index in [0.29, 0.717) is 24.8 Å². The van der Waals surface area contributed by atoms with Crippen LogP contribution in [0.1, 0.15) is 11.7 Å². The zero-order chi connectivity index (χ0) is 13.5. The molecule has 1 unspecified atom stereocenters. The number of ether oxygens (including phenoxy) is 1. The Morgan fingerprint density at radius 2 is 2.16 bits per heavy atom. The predicted molar refractivity (Wildman–Crippen MR) is 68.7 cm³/mol. The number of nitrogens with one attached hydrogen (secondary N) is 1. The summed E-state index contributed by atoms with van der Waals surface area (Å²) in [5.41, 5.74) is 0. The summed E-state index contributed by atoms with van der Waals surface area (Å²) in [5.74, 6) is 1.86. The van der Waals surface area contributed by atoms with Crippen molar-refractivity contribution in [2.45, 2.75) is 19.6 Å². The van der Waals surface area contributed by atoms with Gasteiger partial charge in [-0.2, -0.15) is 4.98 Å². The van der Waals surface area contributed by atoms with Crippen molar-refractivity contribution in [3.8, 4) is 5.75 Å². The molecule has 6 heteroatoms. The van der Waals surface area contributed by atoms with Crippen molar-refractivity contribution in [3.63, 3.8) is 0 Å². The van der Waals surface area contributed by atoms with Crippen LogP contribution in [0.2, 0.25) is 0 Å². The minimum Gasteiger partial charge on any atom is -0.491 e. The average molecular weight is 263 g/mol. The molecule has 19 heavy (non-hydrogen) atoms. The maximum Gasteiger partial charge on any atom is 0.223 e. The molecule has 2 N–H and O–H groups in total. The van der Waals surface area contributed by atoms with E-state index in [1.54, 1.807) is 6.92 Å². The van der Waals surface area contributed by atoms with Gasteiger partial charge in [0.2, 0.25) is 5.89 Å². The molecule has 0 aliphatic rings. The third-order valence-corrected chi connectivity index (χ3v) is 2.42. The number of nitrogens with zero attached hydrogens (tertiary/aromatic N) is 2. The van der Waals surface area contributed by atoms with Gasteiger partial charge >= 0.3 is 0 Å². The van der Waals surface area contributed by atoms with E-state index in [-0.39, 0.29) is 6.61 Å². The predicted octanol–water partition coefficient (Wildman–Crippen LogP) is 0.908. The van der Waals surface area contributed by atoms with Crippen LogP contribution in [0.4, 0.5) is 0 Å². The highest BCUT2D eigenvalue weighted by atomic mass is 16.5. The summed E-state index contributed by atoms with van der Waals surface area (Å²) in [7, 11) is 0. The molecule has 0 saturated heterocycles. The lowest BCUT2D eigenvalue weighted by Crippen LogP contribution is -2.31. The number of hydrogen-bond acceptors (Lipinski definition) is 6. The van der Waals surface area contributed by atoms with Crippen LogP contribution in [0.5, 0.6) is 5.75 Å². The number of benzene rings is 1. The van der Waals surface area contributed by atoms with Crippen LogP contribution in [0, 0.1) is 6.92 Å². The van der Waals surface area contributed by atoms with Crippen molar-refractivity contribution in [1.82, 2.24) is 15.5 Å². The molecule has 1 heterocycles. The molecule has 1 aromatic heterocycles. The molecule has 0 spiro atoms. The number of aliphatic hydroxyl groups excluding tert-OH is 1. The minimum atomic E-state index is -0.590. The number of aliphatic hydroxyl groups is 1. The topological polar surface area (TPSA) is 80.4 Å². The standard InChI is InChI=1S/C13H17N3O3/c1-10-15-13(16-19-10)8-14-7-11(17)9-18-12-5-3-2-4-6-12/h2-6,11,14,17H,7-9H2,1H3. The number of aryl methyl sites for hydroxylation is 1. The fourth-order valence-corrected chi connectivity index (χ4v) is 1.53. The van der Waals surface area contributed by atoms with E-state index >= 15 is 0 Å². The van der Waals surface area contributed by atoms with Gasteiger partial charge in [0.15, 0.2) is 5.82 Å². The molecule has 0 amide bonds. The molecule has 1 atom stereocenters. The van der Waals surface area contributed by atoms with Gasteiger partial charge in [0, 0.05) is 13.5 Å². The first-order valence-electron chi connectivity index (χ1n) is 6.10. The third kappa shape index (κ3) is 4.69. The van der Waals surface area contributed by atoms with Gasteiger partial charge in [-0.15, -0.1) is 0 Å². The Balaban J connectivity index is 1.63. The molecular formula is C13H17N3O3. The van der Waals surface area contributed by atoms with Crippen LogP contribution in [0.3, 0.4) is 0 Å². The highest BCUT2D eigenvalue weighted by molar-refractivity contribution is 5.20. The molecule has 6 nitrogen and oxygen atoms in total. The molecule has 0 bridgehead atoms. The monoisotopic (exact) mass is 263 g/mol. The Kier molecular flexibility index (Phi) is 4.88. The van der Waals surface area contributed by atoms with Crippen molar-refractivity contribution < 1.29 is 14.4 Å². The van der Waals surface area contributed by atoms with Crippen LogP contribution in [0.15, 0.2) is 34.9 Å². The summed E-state index contributed by atoms with van der Waals surface area (Å²) >= 11 is 0. The van der Waals surface area contributed by atoms with E-state index in [9.17, 15) is 5.11 Å². The average Bonchev–Trinajstić information content (AvgIpc) is 2.83. The highest BCUT2D eigenvalue weighted by Crippen LogP contribution is 2.08. The fraction of sp³-hybridized carbons (Fsp3) is 0.385. The lowest BCUT2D eigenvalue weighted by molar-refractivity contribution is 0.106. The Morgan fingerprint density at radius 3 is 2.84 bits per heavy atom. The number of hydrogen-bond donors (Lipinski definition) is 2. The molecular weight excluding hydrogens is 246 g/mol. The van der Waals surface area contributed by atoms with E-state index in [0.717, 1.165) is 5.75 Å². The van der Waals surface area contributed by atoms with Crippen LogP contribution < -0.4 is 10.1 Å². The van der Waals surface area contributed by atoms with Gasteiger partial charge in [0.25, 0.3) is 0 Å². The SMILES string of the molecule is Cc1nc(CNCC(O)COc2ccccc2)no1. The lowest BCUT2D eigenvalue weighted by Gasteiger charge is -2.12. The van der Waals surface area contributed by atoms with Gasteiger partial charge in [-0.25, -0.2) is 0 Å². The normalized spacial score (nSPS) is 12.3. The minimum absolute atomic E-state index is 0.238. The third-order valence-electron chi connectivity index (χ3n) is 2.42. The second-order valence-electron chi connectivity index (χ2n) is 4.14. The fourth-order valence-electron chi connectivity index (χ4n) is 1.53. The zero-order valence-electron chi connectivity index (χ0n) is 10.7. The van der Waals surface area contributed by atoms with E-state index in [1.807, 2.05) is 30.3 Å². The van der Waals surface area contributed by atoms with Crippen molar-refractivity contribution in [2.75, 3.05) is 13.2 Å². The quantitative estimate of drug-likeness (QED) is 0.772. The molecule has 1 aromatic carbocycles. The highest BCUT2D eigenvalue weighted by Gasteiger charge is 2.06. The second-order valence-corrected chi connectivity index (χ2v) is 4.14. The van der Waals surface area contributed by atoms with Crippen molar-refractivity contribution in [3.05, 3.63) is 42.0 Å². The Hall–Kier alpha value is -1.92. The maximum atomic E-state index is 9.74. The molecule has 2 rings (SSSR count). The molecule has 0 aliphatic carbocycles. The summed E-state index contributed by atoms with van der Waals surface area (Å²) in [4.78, 5) is 4.05. The van der Waals surface area contributed by atoms with Crippen LogP contribution in [0.25, 0.3) is 0 Å². The van der Waals surface area contributed by atoms with Crippen molar-refractivity contribution >= 4 is 0 Å². The van der Waals surface area contributed by atoms with E-state index < -0.39 is 6.10 Å². The van der Waals surface area contributed by atoms with Gasteiger partial charge in [-0.1, -0.05) is 23.4 Å². The van der Waals surface area contributed by atoms with Crippen LogP contribution >= 0.6 is 0 Å². The first-order valence-corrected chi connectivity index (χ1v) is 6.10. The lowest BCUT2D eigenvalue weighted by atomic mass is 10.3. The Bertz CT molecular complexity index is 487. The van der Waals surface area contributed by atoms with E-state index in [4.69, 9.17) is 9.26 Å². The molecule has 0 aliphatic heterocycles. The molecule has 2 aromatic rings. The molecule has 0 fully saturated rings. The number of rotatable bonds is 7. The summed E-state index contributed by atoms with van der Waals surface area (Å²) in [6.45, 7) is 2.83. The molecule has 0 radical (unpaired) electrons. The van der Waals surface area contributed by atoms with Crippen LogP contribution in [-0.2, 0) is 6.54 Å². The number of aromatic nitrogens is 2. The van der Waals surface area contributed by atoms with Crippen molar-refractivity contribution in [2.24, 2.45) is 0 Å². The Morgan fingerprint density at radius 1 is 1.37 bits per heavy atom. The van der Waals surface area contributed by atoms with E-state index in [1.165, 1.54) is 0 Å². The van der Waals surface area contributed by atoms with Crippen molar-refractivity contribution in [1.29, 1.82) is 0 Å². The van der Waals surface area contributed by atoms with Crippen LogP contribution in [-0.4, -0.2) is 34.5 Å². The first kappa shape index (κ1) is 13.5. The zero-order valence-corrected chi connectivity index (χ0v) is 10.7. The van der Waals surface area contributed by atoms with Gasteiger partial charge in [-0.3, -0.25) is 0 Å². The first-order chi connectivity index (χ1) is 9.24. The molecule has 102 valence electrons. The largest absolute Gasteiger partial charge is 0.491 e. The molecule has 0 saturated carbocycles. The summed E-state index contributed by atoms with van der Waals surface area (Å²) in [6, 6.07) is 9.39. The smallest absolute Gasteiger partial charge is 0.223 e. The summed E-state index contributed by atoms with van der Waals surface area (Å²) in [5, 5.41) is 16.5. The number of para-hydroxylation sites is 1. The summed E-state index contributed by atoms with van der Waals surface area (Å²) in [6.07, 6.45) is -0.590. The second kappa shape index (κ2) is 6.86. The van der Waals surface area contributed by atoms with Gasteiger partial charge < -0.3 is 19.7 Å². The Labute approximate surface area is 111 Å². The van der Waals surface area contributed by atoms with Gasteiger partial charge in [0.1, 0.15) is 18.5 Å². The van der Waals surface area contributed by atoms with Gasteiger partial charge in [-0.05, 0) is 12.1 Å². The van der Waals surface area contributed by atoms with Gasteiger partial charge in [0.05, 0.1) is 6.54 Å². The van der Waals surface area contributed by atoms with E-state index in [2.05, 4.69) is 15.5 Å². The summed E-state index contributed by atoms with van der Waals surface area (Å²) < 4.78 is 10.3. The maximum absolute atomic E-state index is 9.74.